The van der Waals surface area contributed by atoms with Gasteiger partial charge in [-0.15, -0.1) is 0 Å². The van der Waals surface area contributed by atoms with Crippen molar-refractivity contribution in [1.82, 2.24) is 4.90 Å². The molecule has 0 aliphatic carbocycles. The highest BCUT2D eigenvalue weighted by Crippen LogP contribution is 2.31. The van der Waals surface area contributed by atoms with E-state index in [-0.39, 0.29) is 5.54 Å². The van der Waals surface area contributed by atoms with Crippen LogP contribution < -0.4 is 15.2 Å². The fraction of sp³-hybridized carbons (Fsp3) is 0.647. The molecule has 1 aliphatic rings. The molecule has 2 rings (SSSR count). The second-order valence-corrected chi connectivity index (χ2v) is 6.10. The molecule has 1 aromatic carbocycles. The molecule has 0 aromatic heterocycles. The Morgan fingerprint density at radius 3 is 2.43 bits per heavy atom. The van der Waals surface area contributed by atoms with Crippen molar-refractivity contribution in [3.8, 4) is 11.5 Å². The van der Waals surface area contributed by atoms with E-state index in [4.69, 9.17) is 15.2 Å². The molecular weight excluding hydrogens is 264 g/mol. The van der Waals surface area contributed by atoms with Crippen molar-refractivity contribution in [2.24, 2.45) is 5.73 Å². The summed E-state index contributed by atoms with van der Waals surface area (Å²) >= 11 is 0. The molecule has 4 heteroatoms. The zero-order valence-electron chi connectivity index (χ0n) is 13.5. The van der Waals surface area contributed by atoms with Crippen LogP contribution in [0.15, 0.2) is 18.2 Å². The molecule has 0 saturated carbocycles. The maximum atomic E-state index is 6.13. The van der Waals surface area contributed by atoms with Gasteiger partial charge in [-0.3, -0.25) is 4.90 Å². The molecule has 1 aliphatic heterocycles. The molecule has 0 amide bonds. The van der Waals surface area contributed by atoms with Crippen molar-refractivity contribution in [3.05, 3.63) is 23.8 Å². The Hall–Kier alpha value is -1.26. The number of benzene rings is 1. The van der Waals surface area contributed by atoms with E-state index in [0.717, 1.165) is 36.6 Å². The smallest absolute Gasteiger partial charge is 0.122 e. The summed E-state index contributed by atoms with van der Waals surface area (Å²) in [5, 5.41) is 0. The number of nitrogens with two attached hydrogens (primary N) is 1. The van der Waals surface area contributed by atoms with Crippen molar-refractivity contribution in [3.63, 3.8) is 0 Å². The fourth-order valence-electron chi connectivity index (χ4n) is 3.18. The van der Waals surface area contributed by atoms with Gasteiger partial charge in [0.2, 0.25) is 0 Å². The third kappa shape index (κ3) is 3.69. The quantitative estimate of drug-likeness (QED) is 0.875. The number of hydrogen-bond acceptors (Lipinski definition) is 4. The molecule has 0 spiro atoms. The van der Waals surface area contributed by atoms with Gasteiger partial charge in [-0.05, 0) is 63.0 Å². The van der Waals surface area contributed by atoms with Gasteiger partial charge in [0, 0.05) is 12.1 Å². The van der Waals surface area contributed by atoms with Crippen LogP contribution in [0.1, 0.15) is 31.7 Å². The molecule has 118 valence electrons. The first kappa shape index (κ1) is 16.1. The molecule has 1 fully saturated rings. The summed E-state index contributed by atoms with van der Waals surface area (Å²) in [5.74, 6) is 1.77. The van der Waals surface area contributed by atoms with Crippen molar-refractivity contribution in [1.29, 1.82) is 0 Å². The number of likely N-dealkylation sites (tertiary alicyclic amines) is 1. The third-order valence-electron chi connectivity index (χ3n) is 4.62. The summed E-state index contributed by atoms with van der Waals surface area (Å²) in [6.45, 7) is 5.19. The van der Waals surface area contributed by atoms with Crippen molar-refractivity contribution >= 4 is 0 Å². The van der Waals surface area contributed by atoms with Crippen LogP contribution in [-0.2, 0) is 6.42 Å². The largest absolute Gasteiger partial charge is 0.497 e. The molecule has 1 atom stereocenters. The van der Waals surface area contributed by atoms with Gasteiger partial charge in [0.05, 0.1) is 14.2 Å². The Bertz CT molecular complexity index is 458. The van der Waals surface area contributed by atoms with Crippen LogP contribution in [0.5, 0.6) is 11.5 Å². The van der Waals surface area contributed by atoms with Gasteiger partial charge in [0.25, 0.3) is 0 Å². The molecule has 4 nitrogen and oxygen atoms in total. The standard InChI is InChI=1S/C17H28N2O2/c1-17(13-18,19-9-5-4-6-10-19)12-14-11-15(20-2)7-8-16(14)21-3/h7-8,11H,4-6,9-10,12-13,18H2,1-3H3. The average molecular weight is 292 g/mol. The number of methoxy groups -OCH3 is 2. The third-order valence-corrected chi connectivity index (χ3v) is 4.62. The highest BCUT2D eigenvalue weighted by Gasteiger charge is 2.32. The molecule has 1 saturated heterocycles. The molecule has 2 N–H and O–H groups in total. The summed E-state index contributed by atoms with van der Waals surface area (Å²) < 4.78 is 10.9. The minimum atomic E-state index is -0.0277. The lowest BCUT2D eigenvalue weighted by Crippen LogP contribution is -2.54. The summed E-state index contributed by atoms with van der Waals surface area (Å²) in [4.78, 5) is 2.54. The fourth-order valence-corrected chi connectivity index (χ4v) is 3.18. The average Bonchev–Trinajstić information content (AvgIpc) is 2.55. The first-order chi connectivity index (χ1) is 10.1. The lowest BCUT2D eigenvalue weighted by molar-refractivity contribution is 0.0864. The van der Waals surface area contributed by atoms with E-state index in [2.05, 4.69) is 17.9 Å². The van der Waals surface area contributed by atoms with E-state index in [1.54, 1.807) is 14.2 Å². The van der Waals surface area contributed by atoms with Gasteiger partial charge in [-0.1, -0.05) is 6.42 Å². The molecule has 1 aromatic rings. The summed E-state index contributed by atoms with van der Waals surface area (Å²) in [7, 11) is 3.41. The second kappa shape index (κ2) is 7.14. The molecule has 1 unspecified atom stereocenters. The highest BCUT2D eigenvalue weighted by molar-refractivity contribution is 5.41. The Labute approximate surface area is 128 Å². The van der Waals surface area contributed by atoms with Crippen LogP contribution in [0.25, 0.3) is 0 Å². The van der Waals surface area contributed by atoms with Crippen molar-refractivity contribution in [2.45, 2.75) is 38.1 Å². The van der Waals surface area contributed by atoms with Crippen LogP contribution in [-0.4, -0.2) is 44.3 Å². The maximum absolute atomic E-state index is 6.13. The zero-order valence-corrected chi connectivity index (χ0v) is 13.5. The highest BCUT2D eigenvalue weighted by atomic mass is 16.5. The van der Waals surface area contributed by atoms with Crippen LogP contribution in [0.3, 0.4) is 0 Å². The Kier molecular flexibility index (Phi) is 5.48. The zero-order chi connectivity index (χ0) is 15.3. The Morgan fingerprint density at radius 2 is 1.86 bits per heavy atom. The lowest BCUT2D eigenvalue weighted by atomic mass is 9.88. The van der Waals surface area contributed by atoms with E-state index in [0.29, 0.717) is 6.54 Å². The molecular formula is C17H28N2O2. The Morgan fingerprint density at radius 1 is 1.14 bits per heavy atom. The Balaban J connectivity index is 2.24. The van der Waals surface area contributed by atoms with E-state index in [1.807, 2.05) is 12.1 Å². The first-order valence-corrected chi connectivity index (χ1v) is 7.79. The van der Waals surface area contributed by atoms with Crippen LogP contribution in [0.2, 0.25) is 0 Å². The second-order valence-electron chi connectivity index (χ2n) is 6.10. The predicted molar refractivity (Wildman–Crippen MR) is 86.1 cm³/mol. The van der Waals surface area contributed by atoms with E-state index < -0.39 is 0 Å². The number of rotatable bonds is 6. The van der Waals surface area contributed by atoms with Crippen LogP contribution >= 0.6 is 0 Å². The molecule has 0 bridgehead atoms. The van der Waals surface area contributed by atoms with Gasteiger partial charge in [-0.25, -0.2) is 0 Å². The van der Waals surface area contributed by atoms with Gasteiger partial charge in [-0.2, -0.15) is 0 Å². The normalized spacial score (nSPS) is 19.0. The first-order valence-electron chi connectivity index (χ1n) is 7.79. The van der Waals surface area contributed by atoms with Crippen molar-refractivity contribution in [2.75, 3.05) is 33.9 Å². The van der Waals surface area contributed by atoms with E-state index in [9.17, 15) is 0 Å². The number of piperidine rings is 1. The summed E-state index contributed by atoms with van der Waals surface area (Å²) in [6, 6.07) is 5.97. The molecule has 21 heavy (non-hydrogen) atoms. The number of nitrogens with zero attached hydrogens (tertiary/aromatic N) is 1. The van der Waals surface area contributed by atoms with Gasteiger partial charge in [0.1, 0.15) is 11.5 Å². The molecule has 1 heterocycles. The minimum Gasteiger partial charge on any atom is -0.497 e. The monoisotopic (exact) mass is 292 g/mol. The van der Waals surface area contributed by atoms with Gasteiger partial charge in [0.15, 0.2) is 0 Å². The lowest BCUT2D eigenvalue weighted by Gasteiger charge is -2.43. The van der Waals surface area contributed by atoms with Gasteiger partial charge >= 0.3 is 0 Å². The van der Waals surface area contributed by atoms with Crippen LogP contribution in [0.4, 0.5) is 0 Å². The number of ether oxygens (including phenoxy) is 2. The molecule has 0 radical (unpaired) electrons. The predicted octanol–water partition coefficient (Wildman–Crippen LogP) is 2.45. The van der Waals surface area contributed by atoms with Crippen LogP contribution in [0, 0.1) is 0 Å². The SMILES string of the molecule is COc1ccc(OC)c(CC(C)(CN)N2CCCCC2)c1. The minimum absolute atomic E-state index is 0.0277. The summed E-state index contributed by atoms with van der Waals surface area (Å²) in [6.07, 6.45) is 4.75. The summed E-state index contributed by atoms with van der Waals surface area (Å²) in [5.41, 5.74) is 7.27. The maximum Gasteiger partial charge on any atom is 0.122 e. The van der Waals surface area contributed by atoms with E-state index >= 15 is 0 Å². The number of hydrogen-bond donors (Lipinski definition) is 1. The van der Waals surface area contributed by atoms with E-state index in [1.165, 1.54) is 19.3 Å². The van der Waals surface area contributed by atoms with Crippen molar-refractivity contribution < 1.29 is 9.47 Å². The van der Waals surface area contributed by atoms with Gasteiger partial charge < -0.3 is 15.2 Å². The topological polar surface area (TPSA) is 47.7 Å².